The van der Waals surface area contributed by atoms with E-state index in [1.807, 2.05) is 0 Å². The number of amides is 3. The van der Waals surface area contributed by atoms with E-state index in [0.29, 0.717) is 11.1 Å². The summed E-state index contributed by atoms with van der Waals surface area (Å²) in [5.41, 5.74) is -1.23. The van der Waals surface area contributed by atoms with Gasteiger partial charge in [0.2, 0.25) is 11.8 Å². The van der Waals surface area contributed by atoms with E-state index < -0.39 is 58.8 Å². The number of hydrogen-bond donors (Lipinski definition) is 2. The molecule has 2 atom stereocenters. The summed E-state index contributed by atoms with van der Waals surface area (Å²) in [6.45, 7) is 5.05. The highest BCUT2D eigenvalue weighted by Gasteiger charge is 2.44. The van der Waals surface area contributed by atoms with Gasteiger partial charge >= 0.3 is 18.4 Å². The van der Waals surface area contributed by atoms with Gasteiger partial charge in [-0.3, -0.25) is 9.59 Å². The molecule has 0 saturated carbocycles. The third kappa shape index (κ3) is 9.38. The molecule has 230 valence electrons. The molecule has 0 unspecified atom stereocenters. The van der Waals surface area contributed by atoms with Crippen molar-refractivity contribution in [3.05, 3.63) is 70.8 Å². The second-order valence-corrected chi connectivity index (χ2v) is 11.1. The summed E-state index contributed by atoms with van der Waals surface area (Å²) >= 11 is 0. The number of alkyl halides is 6. The average Bonchev–Trinajstić information content (AvgIpc) is 3.33. The molecule has 0 radical (unpaired) electrons. The predicted octanol–water partition coefficient (Wildman–Crippen LogP) is 5.22. The summed E-state index contributed by atoms with van der Waals surface area (Å²) < 4.78 is 82.1. The highest BCUT2D eigenvalue weighted by Crippen LogP contribution is 2.30. The van der Waals surface area contributed by atoms with Gasteiger partial charge < -0.3 is 20.3 Å². The molecule has 1 heterocycles. The number of benzene rings is 2. The first kappa shape index (κ1) is 32.7. The van der Waals surface area contributed by atoms with Crippen molar-refractivity contribution in [1.82, 2.24) is 15.5 Å². The molecule has 1 saturated heterocycles. The van der Waals surface area contributed by atoms with E-state index in [4.69, 9.17) is 4.74 Å². The first-order valence-electron chi connectivity index (χ1n) is 13.3. The molecular formula is C29H33F6N3O4. The molecule has 7 nitrogen and oxygen atoms in total. The monoisotopic (exact) mass is 601 g/mol. The summed E-state index contributed by atoms with van der Waals surface area (Å²) in [7, 11) is 0. The molecule has 1 aliphatic rings. The number of nitrogens with one attached hydrogen (secondary N) is 2. The van der Waals surface area contributed by atoms with Crippen molar-refractivity contribution >= 4 is 17.9 Å². The minimum absolute atomic E-state index is 0.0853. The van der Waals surface area contributed by atoms with Crippen LogP contribution in [-0.4, -0.2) is 54.6 Å². The molecule has 0 spiro atoms. The molecule has 3 amide bonds. The van der Waals surface area contributed by atoms with Gasteiger partial charge in [0, 0.05) is 26.2 Å². The number of nitrogens with zero attached hydrogens (tertiary/aromatic N) is 1. The molecule has 2 aromatic rings. The molecule has 0 aliphatic carbocycles. The number of likely N-dealkylation sites (tertiary alicyclic amines) is 1. The summed E-state index contributed by atoms with van der Waals surface area (Å²) in [5.74, 6) is -2.85. The fourth-order valence-electron chi connectivity index (χ4n) is 4.45. The zero-order valence-corrected chi connectivity index (χ0v) is 23.4. The van der Waals surface area contributed by atoms with Gasteiger partial charge in [-0.2, -0.15) is 26.3 Å². The van der Waals surface area contributed by atoms with Crippen molar-refractivity contribution in [3.8, 4) is 0 Å². The molecule has 0 aromatic heterocycles. The van der Waals surface area contributed by atoms with Gasteiger partial charge in [-0.25, -0.2) is 4.79 Å². The van der Waals surface area contributed by atoms with Gasteiger partial charge in [0.25, 0.3) is 0 Å². The van der Waals surface area contributed by atoms with Crippen LogP contribution in [0.15, 0.2) is 48.5 Å². The fraction of sp³-hybridized carbons (Fsp3) is 0.483. The molecule has 2 N–H and O–H groups in total. The summed E-state index contributed by atoms with van der Waals surface area (Å²) in [6, 6.07) is 9.11. The molecule has 1 fully saturated rings. The van der Waals surface area contributed by atoms with E-state index in [0.717, 1.165) is 24.3 Å². The van der Waals surface area contributed by atoms with Gasteiger partial charge in [-0.1, -0.05) is 24.3 Å². The molecule has 1 aliphatic heterocycles. The standard InChI is InChI=1S/C29H33F6N3O4/c1-27(2,3)42-26(41)38-16-22(24(39)36-14-12-18-4-8-20(9-5-18)28(30,31)32)23(17-38)25(40)37-15-13-19-6-10-21(11-7-19)29(33,34)35/h4-11,22-23H,12-17H2,1-3H3,(H,36,39)(H,37,40)/t22-,23-/m1/s1. The lowest BCUT2D eigenvalue weighted by Crippen LogP contribution is -2.42. The second kappa shape index (κ2) is 13.0. The average molecular weight is 602 g/mol. The van der Waals surface area contributed by atoms with Crippen molar-refractivity contribution in [3.63, 3.8) is 0 Å². The lowest BCUT2D eigenvalue weighted by atomic mass is 9.94. The largest absolute Gasteiger partial charge is 0.444 e. The Morgan fingerprint density at radius 2 is 1.07 bits per heavy atom. The number of carbonyl (C=O) groups is 3. The smallest absolute Gasteiger partial charge is 0.416 e. The third-order valence-electron chi connectivity index (χ3n) is 6.63. The van der Waals surface area contributed by atoms with Crippen molar-refractivity contribution < 1.29 is 45.5 Å². The molecule has 2 aromatic carbocycles. The van der Waals surface area contributed by atoms with E-state index in [1.54, 1.807) is 20.8 Å². The molecule has 42 heavy (non-hydrogen) atoms. The number of rotatable bonds is 8. The van der Waals surface area contributed by atoms with Gasteiger partial charge in [0.05, 0.1) is 23.0 Å². The Morgan fingerprint density at radius 1 is 0.714 bits per heavy atom. The summed E-state index contributed by atoms with van der Waals surface area (Å²) in [6.07, 6.45) is -9.11. The zero-order valence-electron chi connectivity index (χ0n) is 23.4. The van der Waals surface area contributed by atoms with Crippen LogP contribution < -0.4 is 10.6 Å². The molecule has 13 heteroatoms. The maximum Gasteiger partial charge on any atom is 0.416 e. The first-order chi connectivity index (χ1) is 19.4. The Labute approximate surface area is 239 Å². The van der Waals surface area contributed by atoms with Crippen molar-refractivity contribution in [1.29, 1.82) is 0 Å². The van der Waals surface area contributed by atoms with Crippen LogP contribution >= 0.6 is 0 Å². The molecular weight excluding hydrogens is 568 g/mol. The van der Waals surface area contributed by atoms with E-state index in [-0.39, 0.29) is 39.0 Å². The summed E-state index contributed by atoms with van der Waals surface area (Å²) in [5, 5.41) is 5.40. The first-order valence-corrected chi connectivity index (χ1v) is 13.3. The minimum Gasteiger partial charge on any atom is -0.444 e. The van der Waals surface area contributed by atoms with Crippen LogP contribution in [-0.2, 0) is 39.5 Å². The quantitative estimate of drug-likeness (QED) is 0.406. The maximum absolute atomic E-state index is 13.1. The Hall–Kier alpha value is -3.77. The highest BCUT2D eigenvalue weighted by atomic mass is 19.4. The van der Waals surface area contributed by atoms with Gasteiger partial charge in [-0.05, 0) is 69.0 Å². The number of ether oxygens (including phenoxy) is 1. The number of hydrogen-bond acceptors (Lipinski definition) is 4. The lowest BCUT2D eigenvalue weighted by molar-refractivity contribution is -0.138. The fourth-order valence-corrected chi connectivity index (χ4v) is 4.45. The van der Waals surface area contributed by atoms with E-state index in [1.165, 1.54) is 29.2 Å². The SMILES string of the molecule is CC(C)(C)OC(=O)N1C[C@@H](C(=O)NCCc2ccc(C(F)(F)F)cc2)[C@H](C(=O)NCCc2ccc(C(F)(F)F)cc2)C1. The van der Waals surface area contributed by atoms with Crippen LogP contribution in [0.1, 0.15) is 43.0 Å². The van der Waals surface area contributed by atoms with Gasteiger partial charge in [-0.15, -0.1) is 0 Å². The van der Waals surface area contributed by atoms with Gasteiger partial charge in [0.15, 0.2) is 0 Å². The van der Waals surface area contributed by atoms with Crippen LogP contribution in [0.2, 0.25) is 0 Å². The van der Waals surface area contributed by atoms with E-state index >= 15 is 0 Å². The molecule has 0 bridgehead atoms. The van der Waals surface area contributed by atoms with Crippen LogP contribution in [0.5, 0.6) is 0 Å². The normalized spacial score (nSPS) is 17.6. The predicted molar refractivity (Wildman–Crippen MR) is 141 cm³/mol. The topological polar surface area (TPSA) is 87.7 Å². The van der Waals surface area contributed by atoms with Crippen LogP contribution in [0.3, 0.4) is 0 Å². The summed E-state index contributed by atoms with van der Waals surface area (Å²) in [4.78, 5) is 40.1. The van der Waals surface area contributed by atoms with Crippen LogP contribution in [0, 0.1) is 11.8 Å². The van der Waals surface area contributed by atoms with E-state index in [9.17, 15) is 40.7 Å². The second-order valence-electron chi connectivity index (χ2n) is 11.1. The van der Waals surface area contributed by atoms with Crippen molar-refractivity contribution in [2.24, 2.45) is 11.8 Å². The Morgan fingerprint density at radius 3 is 1.38 bits per heavy atom. The Kier molecular flexibility index (Phi) is 10.2. The zero-order chi connectivity index (χ0) is 31.3. The van der Waals surface area contributed by atoms with Crippen LogP contribution in [0.25, 0.3) is 0 Å². The van der Waals surface area contributed by atoms with Crippen molar-refractivity contribution in [2.75, 3.05) is 26.2 Å². The van der Waals surface area contributed by atoms with Crippen molar-refractivity contribution in [2.45, 2.75) is 51.6 Å². The highest BCUT2D eigenvalue weighted by molar-refractivity contribution is 5.89. The van der Waals surface area contributed by atoms with Gasteiger partial charge in [0.1, 0.15) is 5.60 Å². The number of halogens is 6. The maximum atomic E-state index is 13.1. The minimum atomic E-state index is -4.46. The van der Waals surface area contributed by atoms with E-state index in [2.05, 4.69) is 10.6 Å². The Bertz CT molecular complexity index is 1150. The number of carbonyl (C=O) groups excluding carboxylic acids is 3. The lowest BCUT2D eigenvalue weighted by Gasteiger charge is -2.24. The third-order valence-corrected chi connectivity index (χ3v) is 6.63. The Balaban J connectivity index is 1.61. The van der Waals surface area contributed by atoms with Crippen LogP contribution in [0.4, 0.5) is 31.1 Å². The molecule has 3 rings (SSSR count).